The van der Waals surface area contributed by atoms with Gasteiger partial charge in [-0.2, -0.15) is 8.42 Å². The minimum atomic E-state index is -4.02. The molecule has 0 radical (unpaired) electrons. The first-order chi connectivity index (χ1) is 4.11. The van der Waals surface area contributed by atoms with Gasteiger partial charge in [0.1, 0.15) is 6.34 Å². The van der Waals surface area contributed by atoms with Crippen molar-refractivity contribution < 1.29 is 13.0 Å². The maximum absolute atomic E-state index is 10.2. The summed E-state index contributed by atoms with van der Waals surface area (Å²) in [5.41, 5.74) is 0. The van der Waals surface area contributed by atoms with E-state index in [0.717, 1.165) is 10.6 Å². The molecule has 1 heterocycles. The van der Waals surface area contributed by atoms with Gasteiger partial charge in [-0.25, -0.2) is 4.31 Å². The molecule has 0 unspecified atom stereocenters. The van der Waals surface area contributed by atoms with Gasteiger partial charge in [0.2, 0.25) is 0 Å². The smallest absolute Gasteiger partial charge is 0.273 e. The van der Waals surface area contributed by atoms with Gasteiger partial charge in [-0.05, 0) is 0 Å². The third kappa shape index (κ3) is 1.39. The summed E-state index contributed by atoms with van der Waals surface area (Å²) in [7, 11) is -4.02. The van der Waals surface area contributed by atoms with Crippen molar-refractivity contribution in [2.24, 2.45) is 4.99 Å². The zero-order valence-electron chi connectivity index (χ0n) is 4.56. The van der Waals surface area contributed by atoms with Crippen molar-refractivity contribution in [2.75, 3.05) is 13.1 Å². The van der Waals surface area contributed by atoms with Crippen LogP contribution >= 0.6 is 0 Å². The molecule has 0 aromatic carbocycles. The lowest BCUT2D eigenvalue weighted by Gasteiger charge is -2.06. The van der Waals surface area contributed by atoms with Crippen molar-refractivity contribution in [3.05, 3.63) is 0 Å². The summed E-state index contributed by atoms with van der Waals surface area (Å²) in [6.45, 7) is 0.679. The lowest BCUT2D eigenvalue weighted by molar-refractivity contribution is 0.432. The van der Waals surface area contributed by atoms with E-state index in [0.29, 0.717) is 6.54 Å². The van der Waals surface area contributed by atoms with Crippen LogP contribution in [-0.2, 0) is 10.3 Å². The van der Waals surface area contributed by atoms with E-state index in [-0.39, 0.29) is 6.54 Å². The molecule has 1 aliphatic heterocycles. The highest BCUT2D eigenvalue weighted by molar-refractivity contribution is 7.83. The van der Waals surface area contributed by atoms with Gasteiger partial charge in [0.05, 0.1) is 13.1 Å². The van der Waals surface area contributed by atoms with Crippen molar-refractivity contribution >= 4 is 16.6 Å². The summed E-state index contributed by atoms with van der Waals surface area (Å²) in [6.07, 6.45) is 1.11. The second-order valence-electron chi connectivity index (χ2n) is 1.61. The predicted molar refractivity (Wildman–Crippen MR) is 31.6 cm³/mol. The molecule has 9 heavy (non-hydrogen) atoms. The van der Waals surface area contributed by atoms with Crippen LogP contribution in [0.1, 0.15) is 0 Å². The van der Waals surface area contributed by atoms with E-state index in [2.05, 4.69) is 4.99 Å². The van der Waals surface area contributed by atoms with E-state index >= 15 is 0 Å². The fourth-order valence-corrected chi connectivity index (χ4v) is 1.04. The second kappa shape index (κ2) is 1.96. The molecule has 0 fully saturated rings. The summed E-state index contributed by atoms with van der Waals surface area (Å²) in [4.78, 5) is 3.59. The standard InChI is InChI=1S/C3H6N2O3S/c6-9(7,8)5-2-1-4-3-5/h3H,1-2H2,(H,6,7,8). The molecular formula is C3H6N2O3S. The molecule has 0 saturated carbocycles. The Bertz CT molecular complexity index is 219. The molecule has 1 rings (SSSR count). The van der Waals surface area contributed by atoms with Gasteiger partial charge >= 0.3 is 10.3 Å². The molecule has 0 bridgehead atoms. The quantitative estimate of drug-likeness (QED) is 0.494. The normalized spacial score (nSPS) is 19.0. The first-order valence-electron chi connectivity index (χ1n) is 2.35. The zero-order valence-corrected chi connectivity index (χ0v) is 5.37. The average molecular weight is 150 g/mol. The summed E-state index contributed by atoms with van der Waals surface area (Å²) < 4.78 is 29.6. The van der Waals surface area contributed by atoms with Gasteiger partial charge in [-0.3, -0.25) is 9.55 Å². The van der Waals surface area contributed by atoms with Crippen molar-refractivity contribution in [3.8, 4) is 0 Å². The topological polar surface area (TPSA) is 70.0 Å². The van der Waals surface area contributed by atoms with Gasteiger partial charge in [0.25, 0.3) is 0 Å². The molecule has 0 saturated heterocycles. The largest absolute Gasteiger partial charge is 0.360 e. The number of nitrogens with zero attached hydrogens (tertiary/aromatic N) is 2. The third-order valence-corrected chi connectivity index (χ3v) is 1.83. The van der Waals surface area contributed by atoms with Crippen LogP contribution in [0.4, 0.5) is 0 Å². The maximum Gasteiger partial charge on any atom is 0.360 e. The zero-order chi connectivity index (χ0) is 6.91. The Morgan fingerprint density at radius 2 is 2.33 bits per heavy atom. The molecule has 0 aromatic heterocycles. The van der Waals surface area contributed by atoms with Gasteiger partial charge < -0.3 is 0 Å². The minimum absolute atomic E-state index is 0.249. The van der Waals surface area contributed by atoms with Crippen LogP contribution in [0.5, 0.6) is 0 Å². The van der Waals surface area contributed by atoms with E-state index in [9.17, 15) is 8.42 Å². The average Bonchev–Trinajstić information content (AvgIpc) is 2.08. The number of hydrogen-bond donors (Lipinski definition) is 1. The molecule has 0 aliphatic carbocycles. The van der Waals surface area contributed by atoms with E-state index in [1.54, 1.807) is 0 Å². The molecule has 0 atom stereocenters. The SMILES string of the molecule is O=S(=O)(O)N1C=NCC1. The Balaban J connectivity index is 2.76. The summed E-state index contributed by atoms with van der Waals surface area (Å²) >= 11 is 0. The van der Waals surface area contributed by atoms with Gasteiger partial charge in [-0.1, -0.05) is 0 Å². The Hall–Kier alpha value is -0.620. The maximum atomic E-state index is 10.2. The Morgan fingerprint density at radius 3 is 2.56 bits per heavy atom. The van der Waals surface area contributed by atoms with Crippen molar-refractivity contribution in [3.63, 3.8) is 0 Å². The highest BCUT2D eigenvalue weighted by atomic mass is 32.2. The summed E-state index contributed by atoms with van der Waals surface area (Å²) in [6, 6.07) is 0. The van der Waals surface area contributed by atoms with Crippen molar-refractivity contribution in [2.45, 2.75) is 0 Å². The Labute approximate surface area is 52.9 Å². The minimum Gasteiger partial charge on any atom is -0.273 e. The number of hydrogen-bond acceptors (Lipinski definition) is 3. The van der Waals surface area contributed by atoms with Crippen LogP contribution in [0.15, 0.2) is 4.99 Å². The van der Waals surface area contributed by atoms with Crippen LogP contribution in [0.25, 0.3) is 0 Å². The van der Waals surface area contributed by atoms with Gasteiger partial charge in [-0.15, -0.1) is 0 Å². The number of aliphatic imine (C=N–C) groups is 1. The molecule has 1 aliphatic rings. The van der Waals surface area contributed by atoms with E-state index < -0.39 is 10.3 Å². The lowest BCUT2D eigenvalue weighted by Crippen LogP contribution is -2.26. The fourth-order valence-electron chi connectivity index (χ4n) is 0.538. The van der Waals surface area contributed by atoms with Gasteiger partial charge in [0.15, 0.2) is 0 Å². The first-order valence-corrected chi connectivity index (χ1v) is 3.74. The molecule has 1 N–H and O–H groups in total. The van der Waals surface area contributed by atoms with Crippen LogP contribution in [0, 0.1) is 0 Å². The molecule has 5 nitrogen and oxygen atoms in total. The molecule has 0 aromatic rings. The first kappa shape index (κ1) is 6.50. The molecule has 52 valence electrons. The fraction of sp³-hybridized carbons (Fsp3) is 0.667. The van der Waals surface area contributed by atoms with Crippen LogP contribution < -0.4 is 0 Å². The molecule has 0 spiro atoms. The summed E-state index contributed by atoms with van der Waals surface area (Å²) in [5.74, 6) is 0. The summed E-state index contributed by atoms with van der Waals surface area (Å²) in [5, 5.41) is 0. The number of rotatable bonds is 1. The van der Waals surface area contributed by atoms with Crippen molar-refractivity contribution in [1.82, 2.24) is 4.31 Å². The highest BCUT2D eigenvalue weighted by Crippen LogP contribution is 1.97. The Morgan fingerprint density at radius 1 is 1.67 bits per heavy atom. The molecule has 0 amide bonds. The molecular weight excluding hydrogens is 144 g/mol. The van der Waals surface area contributed by atoms with E-state index in [1.165, 1.54) is 0 Å². The highest BCUT2D eigenvalue weighted by Gasteiger charge is 2.16. The van der Waals surface area contributed by atoms with Gasteiger partial charge in [0, 0.05) is 0 Å². The van der Waals surface area contributed by atoms with E-state index in [1.807, 2.05) is 0 Å². The van der Waals surface area contributed by atoms with Crippen LogP contribution in [0.2, 0.25) is 0 Å². The second-order valence-corrected chi connectivity index (χ2v) is 2.97. The lowest BCUT2D eigenvalue weighted by atomic mass is 10.7. The van der Waals surface area contributed by atoms with Crippen LogP contribution in [0.3, 0.4) is 0 Å². The van der Waals surface area contributed by atoms with Crippen molar-refractivity contribution in [1.29, 1.82) is 0 Å². The monoisotopic (exact) mass is 150 g/mol. The molecule has 6 heteroatoms. The van der Waals surface area contributed by atoms with E-state index in [4.69, 9.17) is 4.55 Å². The van der Waals surface area contributed by atoms with Crippen LogP contribution in [-0.4, -0.2) is 36.7 Å². The third-order valence-electron chi connectivity index (χ3n) is 0.956. The predicted octanol–water partition coefficient (Wildman–Crippen LogP) is -0.867. The Kier molecular flexibility index (Phi) is 1.42.